The monoisotopic (exact) mass is 459 g/mol. The number of hydrogen-bond donors (Lipinski definition) is 1. The van der Waals surface area contributed by atoms with Crippen molar-refractivity contribution in [1.29, 1.82) is 0 Å². The van der Waals surface area contributed by atoms with Crippen molar-refractivity contribution in [3.63, 3.8) is 0 Å². The van der Waals surface area contributed by atoms with Crippen LogP contribution in [0.2, 0.25) is 0 Å². The number of para-hydroxylation sites is 2. The molecule has 4 rings (SSSR count). The molecule has 0 saturated heterocycles. The number of anilines is 2. The quantitative estimate of drug-likeness (QED) is 0.582. The van der Waals surface area contributed by atoms with Gasteiger partial charge in [0.25, 0.3) is 5.22 Å². The number of rotatable bonds is 5. The number of fused-ring (bicyclic) bond motifs is 2. The highest BCUT2D eigenvalue weighted by molar-refractivity contribution is 7.99. The minimum absolute atomic E-state index is 0.000674. The van der Waals surface area contributed by atoms with Crippen molar-refractivity contribution in [3.8, 4) is 0 Å². The number of carbonyl (C=O) groups excluding carboxylic acids is 2. The predicted octanol–water partition coefficient (Wildman–Crippen LogP) is 3.48. The van der Waals surface area contributed by atoms with Crippen LogP contribution in [0.5, 0.6) is 0 Å². The minimum atomic E-state index is -3.35. The van der Waals surface area contributed by atoms with Gasteiger partial charge in [0.05, 0.1) is 27.8 Å². The molecule has 2 heterocycles. The number of aromatic nitrogens is 1. The molecule has 0 radical (unpaired) electrons. The van der Waals surface area contributed by atoms with Crippen LogP contribution in [0.4, 0.5) is 11.4 Å². The Morgan fingerprint density at radius 1 is 1.29 bits per heavy atom. The fraction of sp³-hybridized carbons (Fsp3) is 0.286. The summed E-state index contributed by atoms with van der Waals surface area (Å²) >= 11 is 1.13. The van der Waals surface area contributed by atoms with Gasteiger partial charge in [-0.05, 0) is 37.3 Å². The van der Waals surface area contributed by atoms with Crippen molar-refractivity contribution < 1.29 is 22.4 Å². The van der Waals surface area contributed by atoms with Gasteiger partial charge in [-0.3, -0.25) is 9.59 Å². The van der Waals surface area contributed by atoms with Crippen molar-refractivity contribution in [2.24, 2.45) is 0 Å². The highest BCUT2D eigenvalue weighted by Gasteiger charge is 2.29. The average Bonchev–Trinajstić information content (AvgIpc) is 3.10. The van der Waals surface area contributed by atoms with Crippen LogP contribution < -0.4 is 10.2 Å². The van der Waals surface area contributed by atoms with Gasteiger partial charge in [-0.15, -0.1) is 0 Å². The number of amides is 2. The molecular weight excluding hydrogens is 438 g/mol. The van der Waals surface area contributed by atoms with Crippen LogP contribution in [0.3, 0.4) is 0 Å². The first-order valence-electron chi connectivity index (χ1n) is 9.75. The molecule has 0 aliphatic carbocycles. The van der Waals surface area contributed by atoms with Crippen LogP contribution in [0.25, 0.3) is 11.1 Å². The molecule has 0 saturated carbocycles. The minimum Gasteiger partial charge on any atom is -0.431 e. The molecule has 0 spiro atoms. The van der Waals surface area contributed by atoms with Gasteiger partial charge in [0.2, 0.25) is 11.8 Å². The highest BCUT2D eigenvalue weighted by atomic mass is 32.2. The summed E-state index contributed by atoms with van der Waals surface area (Å²) < 4.78 is 29.8. The third kappa shape index (κ3) is 4.31. The SMILES string of the molecule is CCS(=O)(=O)c1ccc2oc(SCC(=O)N3c4ccccc4NC(=O)CC3C)nc2c1. The van der Waals surface area contributed by atoms with E-state index >= 15 is 0 Å². The Kier molecular flexibility index (Phi) is 5.76. The molecule has 31 heavy (non-hydrogen) atoms. The van der Waals surface area contributed by atoms with E-state index in [0.29, 0.717) is 22.5 Å². The normalized spacial score (nSPS) is 16.6. The Morgan fingerprint density at radius 3 is 2.84 bits per heavy atom. The summed E-state index contributed by atoms with van der Waals surface area (Å²) in [7, 11) is -3.35. The molecule has 1 aliphatic rings. The van der Waals surface area contributed by atoms with E-state index in [1.165, 1.54) is 12.1 Å². The second kappa shape index (κ2) is 8.35. The Morgan fingerprint density at radius 2 is 2.06 bits per heavy atom. The molecule has 2 amide bonds. The number of nitrogens with zero attached hydrogens (tertiary/aromatic N) is 2. The molecular formula is C21H21N3O5S2. The van der Waals surface area contributed by atoms with E-state index in [1.54, 1.807) is 36.1 Å². The van der Waals surface area contributed by atoms with E-state index in [0.717, 1.165) is 11.8 Å². The standard InChI is InChI=1S/C21H21N3O5S2/c1-3-31(27,28)14-8-9-18-16(11-14)23-21(29-18)30-12-20(26)24-13(2)10-19(25)22-15-6-4-5-7-17(15)24/h4-9,11,13H,3,10,12H2,1-2H3,(H,22,25). The van der Waals surface area contributed by atoms with Crippen molar-refractivity contribution in [2.75, 3.05) is 21.7 Å². The number of nitrogens with one attached hydrogen (secondary N) is 1. The van der Waals surface area contributed by atoms with Crippen molar-refractivity contribution in [1.82, 2.24) is 4.98 Å². The number of hydrogen-bond acceptors (Lipinski definition) is 7. The highest BCUT2D eigenvalue weighted by Crippen LogP contribution is 2.33. The fourth-order valence-corrected chi connectivity index (χ4v) is 5.07. The third-order valence-corrected chi connectivity index (χ3v) is 7.57. The summed E-state index contributed by atoms with van der Waals surface area (Å²) in [5.74, 6) is -0.267. The molecule has 10 heteroatoms. The summed E-state index contributed by atoms with van der Waals surface area (Å²) in [4.78, 5) is 31.3. The molecule has 1 unspecified atom stereocenters. The van der Waals surface area contributed by atoms with Crippen LogP contribution in [-0.4, -0.2) is 42.8 Å². The van der Waals surface area contributed by atoms with Crippen LogP contribution in [0.15, 0.2) is 57.0 Å². The van der Waals surface area contributed by atoms with E-state index in [1.807, 2.05) is 13.0 Å². The van der Waals surface area contributed by atoms with E-state index in [9.17, 15) is 18.0 Å². The Bertz CT molecular complexity index is 1270. The van der Waals surface area contributed by atoms with Gasteiger partial charge in [0.15, 0.2) is 15.4 Å². The van der Waals surface area contributed by atoms with Gasteiger partial charge in [0, 0.05) is 12.5 Å². The first-order valence-corrected chi connectivity index (χ1v) is 12.4. The Labute approximate surface area is 183 Å². The van der Waals surface area contributed by atoms with Gasteiger partial charge in [-0.25, -0.2) is 13.4 Å². The van der Waals surface area contributed by atoms with E-state index < -0.39 is 9.84 Å². The van der Waals surface area contributed by atoms with Crippen molar-refractivity contribution >= 4 is 55.9 Å². The summed E-state index contributed by atoms with van der Waals surface area (Å²) in [5, 5.41) is 3.11. The first-order chi connectivity index (χ1) is 14.8. The Balaban J connectivity index is 1.54. The molecule has 1 aliphatic heterocycles. The van der Waals surface area contributed by atoms with Gasteiger partial charge < -0.3 is 14.6 Å². The lowest BCUT2D eigenvalue weighted by Gasteiger charge is -2.27. The van der Waals surface area contributed by atoms with Crippen LogP contribution in [-0.2, 0) is 19.4 Å². The molecule has 3 aromatic rings. The molecule has 2 aromatic carbocycles. The van der Waals surface area contributed by atoms with Gasteiger partial charge in [-0.2, -0.15) is 0 Å². The summed E-state index contributed by atoms with van der Waals surface area (Å²) in [6.07, 6.45) is 0.197. The van der Waals surface area contributed by atoms with Crippen LogP contribution >= 0.6 is 11.8 Å². The maximum atomic E-state index is 13.1. The largest absolute Gasteiger partial charge is 0.431 e. The van der Waals surface area contributed by atoms with E-state index in [-0.39, 0.29) is 45.9 Å². The maximum Gasteiger partial charge on any atom is 0.257 e. The number of thioether (sulfide) groups is 1. The lowest BCUT2D eigenvalue weighted by atomic mass is 10.2. The van der Waals surface area contributed by atoms with Crippen LogP contribution in [0.1, 0.15) is 20.3 Å². The maximum absolute atomic E-state index is 13.1. The fourth-order valence-electron chi connectivity index (χ4n) is 3.47. The van der Waals surface area contributed by atoms with Gasteiger partial charge in [0.1, 0.15) is 5.52 Å². The molecule has 0 bridgehead atoms. The lowest BCUT2D eigenvalue weighted by molar-refractivity contribution is -0.117. The zero-order chi connectivity index (χ0) is 22.2. The van der Waals surface area contributed by atoms with Crippen LogP contribution in [0, 0.1) is 0 Å². The van der Waals surface area contributed by atoms with E-state index in [2.05, 4.69) is 10.3 Å². The molecule has 0 fully saturated rings. The molecule has 1 atom stereocenters. The summed E-state index contributed by atoms with van der Waals surface area (Å²) in [6, 6.07) is 11.4. The smallest absolute Gasteiger partial charge is 0.257 e. The first kappa shape index (κ1) is 21.4. The predicted molar refractivity (Wildman–Crippen MR) is 119 cm³/mol. The van der Waals surface area contributed by atoms with Gasteiger partial charge >= 0.3 is 0 Å². The zero-order valence-electron chi connectivity index (χ0n) is 17.0. The molecule has 1 aromatic heterocycles. The van der Waals surface area contributed by atoms with Crippen molar-refractivity contribution in [2.45, 2.75) is 36.4 Å². The lowest BCUT2D eigenvalue weighted by Crippen LogP contribution is -2.40. The van der Waals surface area contributed by atoms with Gasteiger partial charge in [-0.1, -0.05) is 30.8 Å². The molecule has 162 valence electrons. The van der Waals surface area contributed by atoms with E-state index in [4.69, 9.17) is 4.42 Å². The Hall–Kier alpha value is -2.85. The number of oxazole rings is 1. The average molecular weight is 460 g/mol. The topological polar surface area (TPSA) is 110 Å². The second-order valence-corrected chi connectivity index (χ2v) is 10.4. The number of sulfone groups is 1. The second-order valence-electron chi connectivity index (χ2n) is 7.18. The zero-order valence-corrected chi connectivity index (χ0v) is 18.6. The number of carbonyl (C=O) groups is 2. The number of benzene rings is 2. The molecule has 8 nitrogen and oxygen atoms in total. The molecule has 1 N–H and O–H groups in total. The van der Waals surface area contributed by atoms with Crippen molar-refractivity contribution in [3.05, 3.63) is 42.5 Å². The summed E-state index contributed by atoms with van der Waals surface area (Å²) in [6.45, 7) is 3.42. The third-order valence-electron chi connectivity index (χ3n) is 5.03. The summed E-state index contributed by atoms with van der Waals surface area (Å²) in [5.41, 5.74) is 2.13.